The first-order chi connectivity index (χ1) is 43.0. The Balaban J connectivity index is 1.55. The van der Waals surface area contributed by atoms with E-state index in [4.69, 9.17) is 0 Å². The molecule has 3 aliphatic carbocycles. The summed E-state index contributed by atoms with van der Waals surface area (Å²) in [6.07, 6.45) is -3.50. The molecule has 0 aromatic heterocycles. The Labute approximate surface area is 541 Å². The molecule has 3 unspecified atom stereocenters. The molecule has 0 radical (unpaired) electrons. The van der Waals surface area contributed by atoms with Crippen molar-refractivity contribution in [3.63, 3.8) is 0 Å². The average Bonchev–Trinajstić information content (AvgIpc) is 1.59. The molecule has 11 amide bonds. The van der Waals surface area contributed by atoms with Crippen LogP contribution >= 0.6 is 0 Å². The second-order valence-electron chi connectivity index (χ2n) is 28.3. The third-order valence-electron chi connectivity index (χ3n) is 19.9. The largest absolute Gasteiger partial charge is 0.394 e. The molecule has 522 valence electrons. The van der Waals surface area contributed by atoms with E-state index >= 15 is 14.0 Å². The summed E-state index contributed by atoms with van der Waals surface area (Å²) in [5.41, 5.74) is -1.59. The zero-order valence-electron chi connectivity index (χ0n) is 56.7. The summed E-state index contributed by atoms with van der Waals surface area (Å²) in [7, 11) is 8.43. The number of carbonyl (C=O) groups is 11. The smallest absolute Gasteiger partial charge is 0.391 e. The number of rotatable bonds is 11. The van der Waals surface area contributed by atoms with Crippen LogP contribution in [0.4, 0.5) is 17.6 Å². The Morgan fingerprint density at radius 2 is 1.16 bits per heavy atom. The highest BCUT2D eigenvalue weighted by Crippen LogP contribution is 2.43. The first-order valence-electron chi connectivity index (χ1n) is 33.4. The Morgan fingerprint density at radius 3 is 1.74 bits per heavy atom. The summed E-state index contributed by atoms with van der Waals surface area (Å²) in [4.78, 5) is 168. The highest BCUT2D eigenvalue weighted by molar-refractivity contribution is 5.99. The highest BCUT2D eigenvalue weighted by atomic mass is 19.4. The fourth-order valence-corrected chi connectivity index (χ4v) is 14.0. The van der Waals surface area contributed by atoms with E-state index in [-0.39, 0.29) is 82.0 Å². The van der Waals surface area contributed by atoms with Crippen LogP contribution in [-0.2, 0) is 52.7 Å². The van der Waals surface area contributed by atoms with Gasteiger partial charge in [-0.05, 0) is 101 Å². The van der Waals surface area contributed by atoms with Crippen LogP contribution in [0.2, 0.25) is 0 Å². The Bertz CT molecular complexity index is 2600. The van der Waals surface area contributed by atoms with Crippen LogP contribution in [0.15, 0.2) is 0 Å². The lowest BCUT2D eigenvalue weighted by molar-refractivity contribution is -0.201. The van der Waals surface area contributed by atoms with E-state index in [0.29, 0.717) is 19.3 Å². The number of hydrogen-bond donors (Lipinski definition) is 5. The van der Waals surface area contributed by atoms with Gasteiger partial charge in [0, 0.05) is 67.7 Å². The fourth-order valence-electron chi connectivity index (χ4n) is 14.0. The number of aliphatic hydroxyl groups excluding tert-OH is 1. The normalized spacial score (nSPS) is 30.3. The molecule has 0 aromatic rings. The molecule has 27 heteroatoms. The number of likely N-dealkylation sites (N-methyl/N-ethyl adjacent to an activating group) is 6. The van der Waals surface area contributed by atoms with Gasteiger partial charge >= 0.3 is 6.18 Å². The monoisotopic (exact) mass is 1310 g/mol. The number of halogens is 4. The lowest BCUT2D eigenvalue weighted by Gasteiger charge is -2.39. The minimum Gasteiger partial charge on any atom is -0.391 e. The Hall–Kier alpha value is -6.15. The van der Waals surface area contributed by atoms with E-state index in [0.717, 1.165) is 51.7 Å². The summed E-state index contributed by atoms with van der Waals surface area (Å²) in [6, 6.07) is -8.25. The molecule has 2 aliphatic heterocycles. The molecule has 12 atom stereocenters. The predicted octanol–water partition coefficient (Wildman–Crippen LogP) is 4.32. The van der Waals surface area contributed by atoms with Gasteiger partial charge < -0.3 is 60.7 Å². The summed E-state index contributed by atoms with van der Waals surface area (Å²) >= 11 is 0. The zero-order chi connectivity index (χ0) is 68.9. The molecular formula is C65H107F4N11O12. The molecule has 2 heterocycles. The molecule has 5 rings (SSSR count). The maximum absolute atomic E-state index is 15.2. The molecule has 0 bridgehead atoms. The van der Waals surface area contributed by atoms with Crippen molar-refractivity contribution in [3.8, 4) is 0 Å². The van der Waals surface area contributed by atoms with Crippen LogP contribution in [0.1, 0.15) is 177 Å². The molecule has 0 aromatic carbocycles. The molecular weight excluding hydrogens is 1200 g/mol. The molecule has 2 saturated heterocycles. The summed E-state index contributed by atoms with van der Waals surface area (Å²) < 4.78 is 56.5. The summed E-state index contributed by atoms with van der Waals surface area (Å²) in [6.45, 7) is 10.6. The first-order valence-corrected chi connectivity index (χ1v) is 33.4. The second-order valence-corrected chi connectivity index (χ2v) is 28.3. The van der Waals surface area contributed by atoms with Gasteiger partial charge in [-0.25, -0.2) is 4.39 Å². The molecule has 3 saturated carbocycles. The van der Waals surface area contributed by atoms with Gasteiger partial charge in [-0.2, -0.15) is 13.2 Å². The van der Waals surface area contributed by atoms with Crippen molar-refractivity contribution in [1.29, 1.82) is 0 Å². The van der Waals surface area contributed by atoms with Crippen molar-refractivity contribution in [2.24, 2.45) is 35.5 Å². The third kappa shape index (κ3) is 20.4. The van der Waals surface area contributed by atoms with Gasteiger partial charge in [0.25, 0.3) is 0 Å². The van der Waals surface area contributed by atoms with Crippen LogP contribution in [0.5, 0.6) is 0 Å². The van der Waals surface area contributed by atoms with E-state index in [1.165, 1.54) is 57.0 Å². The van der Waals surface area contributed by atoms with Gasteiger partial charge in [0.05, 0.1) is 31.7 Å². The highest BCUT2D eigenvalue weighted by Gasteiger charge is 2.51. The van der Waals surface area contributed by atoms with E-state index in [1.54, 1.807) is 13.8 Å². The number of fused-ring (bicyclic) bond motifs is 1. The van der Waals surface area contributed by atoms with Crippen molar-refractivity contribution in [1.82, 2.24) is 55.6 Å². The second kappa shape index (κ2) is 33.8. The minimum atomic E-state index is -4.76. The molecule has 23 nitrogen and oxygen atoms in total. The molecule has 92 heavy (non-hydrogen) atoms. The van der Waals surface area contributed by atoms with Gasteiger partial charge in [0.15, 0.2) is 0 Å². The van der Waals surface area contributed by atoms with Gasteiger partial charge in [0.2, 0.25) is 65.0 Å². The van der Waals surface area contributed by atoms with Crippen molar-refractivity contribution in [3.05, 3.63) is 0 Å². The van der Waals surface area contributed by atoms with Crippen molar-refractivity contribution in [2.75, 3.05) is 68.5 Å². The average molecular weight is 1310 g/mol. The van der Waals surface area contributed by atoms with Crippen LogP contribution in [0, 0.1) is 35.5 Å². The van der Waals surface area contributed by atoms with Crippen LogP contribution in [-0.4, -0.2) is 239 Å². The Kier molecular flexibility index (Phi) is 28.1. The fraction of sp³-hybridized carbons (Fsp3) is 0.831. The SMILES string of the molecule is CC[C@H](C)[C@@H]1NC(=O)[C@H](CC(C)C)N(C)C(=O)C[C@@H](C)NC(=O)[C@H](CC(C)C)N(C)C(=O)C2(CCCC2)NC(=O)[C@@H]2C[C@@H](O)CN2C(=O)[C@H](CCC2CCC(C(F)(F)F)C(F)C2)NC(=O)CN(C)C(=O)[C@H](CC2CCCCC2)N(C)C(=O)CN(C)C(=O)CN(C)C1=O. The van der Waals surface area contributed by atoms with Crippen molar-refractivity contribution < 1.29 is 75.4 Å². The van der Waals surface area contributed by atoms with Crippen LogP contribution < -0.4 is 21.3 Å². The maximum atomic E-state index is 15.2. The minimum absolute atomic E-state index is 0.00756. The van der Waals surface area contributed by atoms with Gasteiger partial charge in [-0.15, -0.1) is 0 Å². The number of hydrogen-bond acceptors (Lipinski definition) is 12. The zero-order valence-corrected chi connectivity index (χ0v) is 56.7. The summed E-state index contributed by atoms with van der Waals surface area (Å²) in [5.74, 6) is -10.9. The van der Waals surface area contributed by atoms with Crippen molar-refractivity contribution >= 4 is 65.0 Å². The van der Waals surface area contributed by atoms with Crippen LogP contribution in [0.25, 0.3) is 0 Å². The molecule has 5 aliphatic rings. The standard InChI is InChI=1S/C65H107F4N11O12/c1-14-40(6)56-62(91)76(10)36-54(84)74(8)37-55(85)78(12)51(32-42-20-16-15-17-21-42)61(90)75(9)35-52(82)71-47(25-23-43-22-24-45(46(66)31-43)65(67,68)69)60(89)80-34-44(81)33-50(80)59(88)73-64(26-18-19-27-64)63(92)79(13)49(29-39(4)5)57(86)70-41(7)30-53(83)77(11)48(28-38(2)3)58(87)72-56/h38-51,56,81H,14-37H2,1-13H3,(H,70,86)(H,71,82)(H,72,87)(H,73,88)/t40-,41+,43?,44+,45?,46?,47-,48-,49-,50-,51-,56-/m0/s1. The number of carbonyl (C=O) groups excluding carboxylic acids is 11. The quantitative estimate of drug-likeness (QED) is 0.181. The van der Waals surface area contributed by atoms with E-state index in [2.05, 4.69) is 21.3 Å². The van der Waals surface area contributed by atoms with Gasteiger partial charge in [0.1, 0.15) is 48.0 Å². The lowest BCUT2D eigenvalue weighted by Crippen LogP contribution is -2.64. The number of nitrogens with zero attached hydrogens (tertiary/aromatic N) is 7. The van der Waals surface area contributed by atoms with E-state index in [1.807, 2.05) is 34.6 Å². The summed E-state index contributed by atoms with van der Waals surface area (Å²) in [5, 5.41) is 22.6. The van der Waals surface area contributed by atoms with E-state index < -0.39 is 188 Å². The maximum Gasteiger partial charge on any atom is 0.394 e. The number of alkyl halides is 4. The molecule has 1 spiro atoms. The first kappa shape index (κ1) is 76.6. The lowest BCUT2D eigenvalue weighted by atomic mass is 9.78. The number of nitrogens with one attached hydrogen (secondary N) is 4. The van der Waals surface area contributed by atoms with Crippen LogP contribution in [0.3, 0.4) is 0 Å². The topological polar surface area (TPSA) is 279 Å². The molecule has 5 fully saturated rings. The molecule has 5 N–H and O–H groups in total. The number of aliphatic hydroxyl groups is 1. The van der Waals surface area contributed by atoms with Crippen molar-refractivity contribution in [2.45, 2.75) is 243 Å². The van der Waals surface area contributed by atoms with Gasteiger partial charge in [-0.1, -0.05) is 92.9 Å². The predicted molar refractivity (Wildman–Crippen MR) is 335 cm³/mol. The number of amides is 11. The third-order valence-corrected chi connectivity index (χ3v) is 19.9. The van der Waals surface area contributed by atoms with Gasteiger partial charge in [-0.3, -0.25) is 52.7 Å². The Morgan fingerprint density at radius 1 is 0.598 bits per heavy atom. The van der Waals surface area contributed by atoms with E-state index in [9.17, 15) is 61.4 Å².